The Bertz CT molecular complexity index is 856. The summed E-state index contributed by atoms with van der Waals surface area (Å²) in [6.45, 7) is 9.15. The van der Waals surface area contributed by atoms with E-state index in [1.165, 1.54) is 5.56 Å². The number of carbonyl (C=O) groups is 1. The van der Waals surface area contributed by atoms with Crippen LogP contribution in [-0.2, 0) is 6.54 Å². The first-order valence-corrected chi connectivity index (χ1v) is 7.91. The number of aryl methyl sites for hydroxylation is 2. The van der Waals surface area contributed by atoms with Crippen LogP contribution >= 0.6 is 0 Å². The van der Waals surface area contributed by atoms with Crippen LogP contribution in [-0.4, -0.2) is 10.5 Å². The molecule has 23 heavy (non-hydrogen) atoms. The number of nitrogens with zero attached hydrogens (tertiary/aromatic N) is 1. The van der Waals surface area contributed by atoms with Crippen molar-refractivity contribution in [3.8, 4) is 0 Å². The van der Waals surface area contributed by atoms with Crippen LogP contribution in [0, 0.1) is 19.8 Å². The minimum atomic E-state index is -0.111. The Balaban J connectivity index is 1.93. The summed E-state index contributed by atoms with van der Waals surface area (Å²) in [6, 6.07) is 9.66. The monoisotopic (exact) mass is 310 g/mol. The molecule has 0 fully saturated rings. The fourth-order valence-electron chi connectivity index (χ4n) is 2.74. The molecule has 0 unspecified atom stereocenters. The van der Waals surface area contributed by atoms with Crippen LogP contribution in [0.25, 0.3) is 11.1 Å². The molecule has 0 radical (unpaired) electrons. The summed E-state index contributed by atoms with van der Waals surface area (Å²) < 4.78 is 7.48. The molecule has 4 nitrogen and oxygen atoms in total. The Hall–Kier alpha value is -2.49. The number of anilines is 1. The molecule has 1 N–H and O–H groups in total. The van der Waals surface area contributed by atoms with Gasteiger partial charge in [0.15, 0.2) is 5.58 Å². The minimum absolute atomic E-state index is 0.111. The molecular formula is C19H22N2O2. The van der Waals surface area contributed by atoms with Crippen molar-refractivity contribution >= 4 is 22.7 Å². The van der Waals surface area contributed by atoms with Gasteiger partial charge in [0.1, 0.15) is 5.69 Å². The van der Waals surface area contributed by atoms with Gasteiger partial charge in [0.25, 0.3) is 5.91 Å². The van der Waals surface area contributed by atoms with E-state index in [0.29, 0.717) is 11.6 Å². The number of amides is 1. The lowest BCUT2D eigenvalue weighted by molar-refractivity contribution is 0.101. The lowest BCUT2D eigenvalue weighted by atomic mass is 10.1. The zero-order valence-electron chi connectivity index (χ0n) is 14.0. The summed E-state index contributed by atoms with van der Waals surface area (Å²) in [5.74, 6) is 0.328. The summed E-state index contributed by atoms with van der Waals surface area (Å²) in [7, 11) is 0. The molecule has 0 saturated heterocycles. The second-order valence-corrected chi connectivity index (χ2v) is 6.46. The van der Waals surface area contributed by atoms with E-state index in [1.54, 1.807) is 6.26 Å². The van der Waals surface area contributed by atoms with Gasteiger partial charge in [-0.3, -0.25) is 4.79 Å². The number of hydrogen-bond donors (Lipinski definition) is 1. The third-order valence-electron chi connectivity index (χ3n) is 4.07. The zero-order valence-corrected chi connectivity index (χ0v) is 14.0. The third-order valence-corrected chi connectivity index (χ3v) is 4.07. The number of rotatable bonds is 4. The molecule has 0 atom stereocenters. The largest absolute Gasteiger partial charge is 0.463 e. The maximum atomic E-state index is 12.7. The van der Waals surface area contributed by atoms with Crippen molar-refractivity contribution in [3.05, 3.63) is 53.4 Å². The molecule has 1 aromatic carbocycles. The highest BCUT2D eigenvalue weighted by Gasteiger charge is 2.18. The molecule has 120 valence electrons. The standard InChI is InChI=1S/C19H22N2O2/c1-12(2)11-21-16-7-8-23-18(16)10-17(21)19(22)20-15-6-5-13(3)14(4)9-15/h5-10,12H,11H2,1-4H3,(H,20,22). The number of furan rings is 1. The van der Waals surface area contributed by atoms with Crippen molar-refractivity contribution < 1.29 is 9.21 Å². The van der Waals surface area contributed by atoms with Gasteiger partial charge in [0.2, 0.25) is 0 Å². The molecule has 3 aromatic rings. The normalized spacial score (nSPS) is 11.3. The van der Waals surface area contributed by atoms with E-state index in [4.69, 9.17) is 4.42 Å². The van der Waals surface area contributed by atoms with Crippen LogP contribution in [0.15, 0.2) is 41.0 Å². The van der Waals surface area contributed by atoms with Crippen LogP contribution in [0.3, 0.4) is 0 Å². The summed E-state index contributed by atoms with van der Waals surface area (Å²) in [6.07, 6.45) is 1.66. The quantitative estimate of drug-likeness (QED) is 0.755. The summed E-state index contributed by atoms with van der Waals surface area (Å²) in [4.78, 5) is 12.7. The lowest BCUT2D eigenvalue weighted by Gasteiger charge is -2.13. The molecule has 1 amide bonds. The maximum absolute atomic E-state index is 12.7. The molecular weight excluding hydrogens is 288 g/mol. The van der Waals surface area contributed by atoms with E-state index in [9.17, 15) is 4.79 Å². The average Bonchev–Trinajstić information content (AvgIpc) is 3.05. The number of hydrogen-bond acceptors (Lipinski definition) is 2. The van der Waals surface area contributed by atoms with Gasteiger partial charge >= 0.3 is 0 Å². The van der Waals surface area contributed by atoms with Crippen LogP contribution in [0.2, 0.25) is 0 Å². The molecule has 0 saturated carbocycles. The summed E-state index contributed by atoms with van der Waals surface area (Å²) in [5.41, 5.74) is 5.52. The Morgan fingerprint density at radius 1 is 1.17 bits per heavy atom. The van der Waals surface area contributed by atoms with Crippen LogP contribution < -0.4 is 5.32 Å². The van der Waals surface area contributed by atoms with Gasteiger partial charge < -0.3 is 14.3 Å². The van der Waals surface area contributed by atoms with Gasteiger partial charge in [0, 0.05) is 24.4 Å². The molecule has 3 rings (SSSR count). The number of benzene rings is 1. The van der Waals surface area contributed by atoms with Gasteiger partial charge in [-0.2, -0.15) is 0 Å². The van der Waals surface area contributed by atoms with Crippen LogP contribution in [0.5, 0.6) is 0 Å². The van der Waals surface area contributed by atoms with Gasteiger partial charge in [-0.1, -0.05) is 19.9 Å². The second-order valence-electron chi connectivity index (χ2n) is 6.46. The Morgan fingerprint density at radius 2 is 1.96 bits per heavy atom. The fraction of sp³-hybridized carbons (Fsp3) is 0.316. The second kappa shape index (κ2) is 5.95. The highest BCUT2D eigenvalue weighted by atomic mass is 16.3. The van der Waals surface area contributed by atoms with E-state index in [0.717, 1.165) is 28.9 Å². The van der Waals surface area contributed by atoms with E-state index in [-0.39, 0.29) is 5.91 Å². The van der Waals surface area contributed by atoms with E-state index in [1.807, 2.05) is 41.8 Å². The van der Waals surface area contributed by atoms with Crippen molar-refractivity contribution in [2.75, 3.05) is 5.32 Å². The Morgan fingerprint density at radius 3 is 2.65 bits per heavy atom. The van der Waals surface area contributed by atoms with Gasteiger partial charge in [-0.05, 0) is 43.0 Å². The first-order valence-electron chi connectivity index (χ1n) is 7.91. The van der Waals surface area contributed by atoms with Crippen molar-refractivity contribution in [3.63, 3.8) is 0 Å². The third kappa shape index (κ3) is 3.02. The van der Waals surface area contributed by atoms with Crippen LogP contribution in [0.4, 0.5) is 5.69 Å². The topological polar surface area (TPSA) is 47.2 Å². The number of aromatic nitrogens is 1. The number of carbonyl (C=O) groups excluding carboxylic acids is 1. The molecule has 0 aliphatic heterocycles. The van der Waals surface area contributed by atoms with Crippen molar-refractivity contribution in [1.29, 1.82) is 0 Å². The maximum Gasteiger partial charge on any atom is 0.272 e. The van der Waals surface area contributed by atoms with Gasteiger partial charge in [-0.15, -0.1) is 0 Å². The first kappa shape index (κ1) is 15.4. The SMILES string of the molecule is Cc1ccc(NC(=O)c2cc3occc3n2CC(C)C)cc1C. The first-order chi connectivity index (χ1) is 11.0. The number of nitrogens with one attached hydrogen (secondary N) is 1. The summed E-state index contributed by atoms with van der Waals surface area (Å²) >= 11 is 0. The van der Waals surface area contributed by atoms with E-state index >= 15 is 0 Å². The highest BCUT2D eigenvalue weighted by molar-refractivity contribution is 6.05. The van der Waals surface area contributed by atoms with E-state index in [2.05, 4.69) is 26.1 Å². The zero-order chi connectivity index (χ0) is 16.6. The number of fused-ring (bicyclic) bond motifs is 1. The van der Waals surface area contributed by atoms with Crippen molar-refractivity contribution in [1.82, 2.24) is 4.57 Å². The molecule has 0 spiro atoms. The fourth-order valence-corrected chi connectivity index (χ4v) is 2.74. The molecule has 2 aromatic heterocycles. The Labute approximate surface area is 136 Å². The van der Waals surface area contributed by atoms with Crippen molar-refractivity contribution in [2.45, 2.75) is 34.2 Å². The average molecular weight is 310 g/mol. The Kier molecular flexibility index (Phi) is 3.99. The summed E-state index contributed by atoms with van der Waals surface area (Å²) in [5, 5.41) is 2.99. The molecule has 0 aliphatic carbocycles. The lowest BCUT2D eigenvalue weighted by Crippen LogP contribution is -2.18. The predicted molar refractivity (Wildman–Crippen MR) is 92.9 cm³/mol. The predicted octanol–water partition coefficient (Wildman–Crippen LogP) is 4.76. The van der Waals surface area contributed by atoms with Gasteiger partial charge in [-0.25, -0.2) is 0 Å². The smallest absolute Gasteiger partial charge is 0.272 e. The van der Waals surface area contributed by atoms with Gasteiger partial charge in [0.05, 0.1) is 11.8 Å². The molecule has 0 aliphatic rings. The molecule has 0 bridgehead atoms. The van der Waals surface area contributed by atoms with E-state index < -0.39 is 0 Å². The molecule has 4 heteroatoms. The van der Waals surface area contributed by atoms with Crippen LogP contribution in [0.1, 0.15) is 35.5 Å². The van der Waals surface area contributed by atoms with Crippen molar-refractivity contribution in [2.24, 2.45) is 5.92 Å². The molecule has 2 heterocycles. The highest BCUT2D eigenvalue weighted by Crippen LogP contribution is 2.24. The minimum Gasteiger partial charge on any atom is -0.463 e.